The Kier molecular flexibility index (Phi) is 5.00. The highest BCUT2D eigenvalue weighted by Crippen LogP contribution is 2.14. The number of aromatic nitrogens is 2. The van der Waals surface area contributed by atoms with Crippen LogP contribution >= 0.6 is 0 Å². The maximum absolute atomic E-state index is 11.4. The minimum absolute atomic E-state index is 0.630. The van der Waals surface area contributed by atoms with Crippen molar-refractivity contribution >= 4 is 49.1 Å². The average Bonchev–Trinajstić information content (AvgIpc) is 3.19. The van der Waals surface area contributed by atoms with Crippen molar-refractivity contribution in [2.24, 2.45) is 0 Å². The van der Waals surface area contributed by atoms with E-state index in [0.717, 1.165) is 26.6 Å². The van der Waals surface area contributed by atoms with Crippen LogP contribution in [-0.4, -0.2) is 21.1 Å². The molecule has 7 heteroatoms. The number of furan rings is 2. The molecule has 5 nitrogen and oxygen atoms in total. The van der Waals surface area contributed by atoms with Crippen molar-refractivity contribution in [3.8, 4) is 0 Å². The first-order chi connectivity index (χ1) is 12.6. The smallest absolute Gasteiger partial charge is 0.262 e. The van der Waals surface area contributed by atoms with Crippen LogP contribution in [0.2, 0.25) is 39.3 Å². The Morgan fingerprint density at radius 2 is 1.44 bits per heavy atom. The zero-order valence-electron chi connectivity index (χ0n) is 16.7. The van der Waals surface area contributed by atoms with Crippen LogP contribution in [0.5, 0.6) is 0 Å². The van der Waals surface area contributed by atoms with Crippen LogP contribution in [0, 0.1) is 5.21 Å². The van der Waals surface area contributed by atoms with Gasteiger partial charge in [0, 0.05) is 24.4 Å². The molecule has 27 heavy (non-hydrogen) atoms. The van der Waals surface area contributed by atoms with Gasteiger partial charge in [-0.2, -0.15) is 4.73 Å². The molecule has 4 aromatic rings. The first-order valence-electron chi connectivity index (χ1n) is 9.03. The maximum Gasteiger partial charge on any atom is 0.262 e. The van der Waals surface area contributed by atoms with E-state index < -0.39 is 16.1 Å². The molecule has 0 aromatic carbocycles. The maximum atomic E-state index is 11.4. The van der Waals surface area contributed by atoms with E-state index in [-0.39, 0.29) is 0 Å². The summed E-state index contributed by atoms with van der Waals surface area (Å²) in [6.07, 6.45) is 3.29. The molecule has 0 radical (unpaired) electrons. The van der Waals surface area contributed by atoms with Crippen LogP contribution in [0.1, 0.15) is 0 Å². The summed E-state index contributed by atoms with van der Waals surface area (Å²) in [5.74, 6) is 0. The largest absolute Gasteiger partial charge is 0.618 e. The zero-order chi connectivity index (χ0) is 19.8. The van der Waals surface area contributed by atoms with E-state index in [2.05, 4.69) is 50.3 Å². The molecule has 4 rings (SSSR count). The van der Waals surface area contributed by atoms with Gasteiger partial charge in [-0.05, 0) is 18.2 Å². The van der Waals surface area contributed by atoms with E-state index in [4.69, 9.17) is 8.83 Å². The molecule has 0 N–H and O–H groups in total. The van der Waals surface area contributed by atoms with E-state index in [9.17, 15) is 5.21 Å². The van der Waals surface area contributed by atoms with Crippen molar-refractivity contribution in [2.45, 2.75) is 39.3 Å². The van der Waals surface area contributed by atoms with Crippen LogP contribution in [0.25, 0.3) is 22.2 Å². The molecule has 0 aliphatic heterocycles. The minimum atomic E-state index is -1.46. The fourth-order valence-corrected chi connectivity index (χ4v) is 4.56. The van der Waals surface area contributed by atoms with Crippen LogP contribution in [0.15, 0.2) is 57.6 Å². The molecule has 4 heterocycles. The molecule has 0 saturated carbocycles. The summed E-state index contributed by atoms with van der Waals surface area (Å²) < 4.78 is 12.2. The normalized spacial score (nSPS) is 12.2. The second kappa shape index (κ2) is 6.97. The summed E-state index contributed by atoms with van der Waals surface area (Å²) in [7, 11) is -2.78. The molecular weight excluding hydrogens is 372 g/mol. The zero-order valence-corrected chi connectivity index (χ0v) is 18.7. The Bertz CT molecular complexity index is 1040. The van der Waals surface area contributed by atoms with E-state index >= 15 is 0 Å². The first kappa shape index (κ1) is 19.4. The molecule has 0 saturated heterocycles. The molecule has 0 spiro atoms. The summed E-state index contributed by atoms with van der Waals surface area (Å²) in [4.78, 5) is 4.24. The molecule has 0 atom stereocenters. The highest BCUT2D eigenvalue weighted by Gasteiger charge is 2.24. The fraction of sp³-hybridized carbons (Fsp3) is 0.300. The van der Waals surface area contributed by atoms with Gasteiger partial charge in [0.2, 0.25) is 0 Å². The monoisotopic (exact) mass is 398 g/mol. The summed E-state index contributed by atoms with van der Waals surface area (Å²) in [5, 5.41) is 13.5. The average molecular weight is 399 g/mol. The van der Waals surface area contributed by atoms with Crippen molar-refractivity contribution in [3.63, 3.8) is 0 Å². The third-order valence-electron chi connectivity index (χ3n) is 4.21. The highest BCUT2D eigenvalue weighted by molar-refractivity contribution is 6.88. The SMILES string of the molecule is C[Si](C)(C)c1cc2c(ccc[n+]2[O-])o1.C[Si](C)(C)c1cc2ncccc2o1. The molecule has 0 bridgehead atoms. The van der Waals surface area contributed by atoms with E-state index in [1.54, 1.807) is 12.3 Å². The second-order valence-electron chi connectivity index (χ2n) is 8.69. The van der Waals surface area contributed by atoms with Gasteiger partial charge in [0.15, 0.2) is 17.4 Å². The first-order valence-corrected chi connectivity index (χ1v) is 16.0. The van der Waals surface area contributed by atoms with Crippen molar-refractivity contribution in [1.82, 2.24) is 4.98 Å². The summed E-state index contributed by atoms with van der Waals surface area (Å²) in [5.41, 5.74) is 3.18. The number of pyridine rings is 2. The molecule has 0 unspecified atom stereocenters. The van der Waals surface area contributed by atoms with Crippen LogP contribution in [-0.2, 0) is 0 Å². The molecule has 142 valence electrons. The van der Waals surface area contributed by atoms with Crippen LogP contribution < -0.4 is 15.5 Å². The molecule has 0 fully saturated rings. The van der Waals surface area contributed by atoms with Gasteiger partial charge in [0.1, 0.15) is 21.7 Å². The summed E-state index contributed by atoms with van der Waals surface area (Å²) >= 11 is 0. The van der Waals surface area contributed by atoms with E-state index in [0.29, 0.717) is 11.1 Å². The van der Waals surface area contributed by atoms with E-state index in [1.807, 2.05) is 24.3 Å². The molecule has 0 amide bonds. The molecule has 4 aromatic heterocycles. The Labute approximate surface area is 161 Å². The van der Waals surface area contributed by atoms with Gasteiger partial charge in [0.05, 0.1) is 10.8 Å². The Balaban J connectivity index is 0.000000156. The minimum Gasteiger partial charge on any atom is -0.618 e. The Morgan fingerprint density at radius 3 is 2.04 bits per heavy atom. The van der Waals surface area contributed by atoms with Gasteiger partial charge in [-0.25, -0.2) is 0 Å². The number of hydrogen-bond donors (Lipinski definition) is 0. The topological polar surface area (TPSA) is 66.1 Å². The van der Waals surface area contributed by atoms with Gasteiger partial charge in [-0.15, -0.1) is 0 Å². The Morgan fingerprint density at radius 1 is 0.852 bits per heavy atom. The predicted octanol–water partition coefficient (Wildman–Crippen LogP) is 3.98. The van der Waals surface area contributed by atoms with Gasteiger partial charge < -0.3 is 14.0 Å². The number of rotatable bonds is 2. The summed E-state index contributed by atoms with van der Waals surface area (Å²) in [6, 6.07) is 11.3. The highest BCUT2D eigenvalue weighted by atomic mass is 28.3. The van der Waals surface area contributed by atoms with Gasteiger partial charge in [0.25, 0.3) is 5.52 Å². The van der Waals surface area contributed by atoms with Crippen molar-refractivity contribution < 1.29 is 13.6 Å². The second-order valence-corrected chi connectivity index (χ2v) is 18.7. The van der Waals surface area contributed by atoms with Crippen molar-refractivity contribution in [2.75, 3.05) is 0 Å². The van der Waals surface area contributed by atoms with Gasteiger partial charge in [-0.3, -0.25) is 4.98 Å². The van der Waals surface area contributed by atoms with Crippen LogP contribution in [0.3, 0.4) is 0 Å². The lowest BCUT2D eigenvalue weighted by molar-refractivity contribution is -0.577. The third kappa shape index (κ3) is 4.31. The summed E-state index contributed by atoms with van der Waals surface area (Å²) in [6.45, 7) is 13.4. The lowest BCUT2D eigenvalue weighted by Gasteiger charge is -2.10. The quantitative estimate of drug-likeness (QED) is 0.291. The third-order valence-corrected chi connectivity index (χ3v) is 7.66. The number of hydrogen-bond acceptors (Lipinski definition) is 4. The molecule has 0 aliphatic carbocycles. The fourth-order valence-electron chi connectivity index (χ4n) is 2.58. The van der Waals surface area contributed by atoms with E-state index in [1.165, 1.54) is 6.20 Å². The van der Waals surface area contributed by atoms with Gasteiger partial charge >= 0.3 is 0 Å². The van der Waals surface area contributed by atoms with Gasteiger partial charge in [-0.1, -0.05) is 39.3 Å². The lowest BCUT2D eigenvalue weighted by atomic mass is 10.4. The lowest BCUT2D eigenvalue weighted by Crippen LogP contribution is -2.36. The van der Waals surface area contributed by atoms with Crippen molar-refractivity contribution in [3.05, 3.63) is 54.0 Å². The van der Waals surface area contributed by atoms with Crippen molar-refractivity contribution in [1.29, 1.82) is 0 Å². The Hall–Kier alpha value is -2.39. The predicted molar refractivity (Wildman–Crippen MR) is 115 cm³/mol. The number of fused-ring (bicyclic) bond motifs is 2. The van der Waals surface area contributed by atoms with Crippen LogP contribution in [0.4, 0.5) is 0 Å². The molecular formula is C20H26N2O3Si2. The standard InChI is InChI=1S/C10H13NO2Si.C10H13NOSi/c1-14(2,3)10-7-8-9(13-10)5-4-6-11(8)12;1-13(2,3)10-7-8-9(12-10)5-4-6-11-8/h4-7H,1-3H3;4-7H,1-3H3. The molecule has 0 aliphatic rings. The number of nitrogens with zero attached hydrogens (tertiary/aromatic N) is 2.